The topological polar surface area (TPSA) is 61.4 Å². The summed E-state index contributed by atoms with van der Waals surface area (Å²) < 4.78 is 0. The molecule has 0 aliphatic carbocycles. The van der Waals surface area contributed by atoms with Crippen LogP contribution in [0.4, 0.5) is 5.13 Å². The number of aromatic nitrogens is 2. The van der Waals surface area contributed by atoms with Crippen molar-refractivity contribution in [3.8, 4) is 0 Å². The van der Waals surface area contributed by atoms with Gasteiger partial charge in [-0.1, -0.05) is 11.3 Å². The lowest BCUT2D eigenvalue weighted by Crippen LogP contribution is -2.40. The lowest BCUT2D eigenvalue weighted by atomic mass is 9.96. The van der Waals surface area contributed by atoms with Crippen LogP contribution in [0.2, 0.25) is 0 Å². The van der Waals surface area contributed by atoms with E-state index in [0.717, 1.165) is 32.5 Å². The molecule has 1 aromatic rings. The Kier molecular flexibility index (Phi) is 4.71. The molecular weight excluding hydrogens is 262 g/mol. The first-order valence-corrected chi connectivity index (χ1v) is 7.37. The standard InChI is InChI=1S/C12H21N5OS/c1-13-12-15-14-10(19-12)11(18)17-6-4-9(5-7-17)8-16(2)3/h9H,4-8H2,1-3H3,(H,13,15). The average molecular weight is 283 g/mol. The second-order valence-corrected chi connectivity index (χ2v) is 6.14. The Morgan fingerprint density at radius 3 is 2.63 bits per heavy atom. The van der Waals surface area contributed by atoms with E-state index >= 15 is 0 Å². The zero-order chi connectivity index (χ0) is 13.8. The van der Waals surface area contributed by atoms with Crippen LogP contribution in [0.15, 0.2) is 0 Å². The number of carbonyl (C=O) groups excluding carboxylic acids is 1. The van der Waals surface area contributed by atoms with Gasteiger partial charge < -0.3 is 15.1 Å². The van der Waals surface area contributed by atoms with E-state index in [9.17, 15) is 4.79 Å². The molecule has 0 unspecified atom stereocenters. The number of rotatable bonds is 4. The third-order valence-corrected chi connectivity index (χ3v) is 4.28. The molecule has 2 heterocycles. The highest BCUT2D eigenvalue weighted by atomic mass is 32.1. The zero-order valence-electron chi connectivity index (χ0n) is 11.7. The van der Waals surface area contributed by atoms with Crippen molar-refractivity contribution in [1.82, 2.24) is 20.0 Å². The summed E-state index contributed by atoms with van der Waals surface area (Å²) in [5.74, 6) is 0.712. The predicted octanol–water partition coefficient (Wildman–Crippen LogP) is 0.994. The third kappa shape index (κ3) is 3.63. The maximum atomic E-state index is 12.3. The number of nitrogens with zero attached hydrogens (tertiary/aromatic N) is 4. The molecule has 0 atom stereocenters. The fourth-order valence-corrected chi connectivity index (χ4v) is 3.05. The maximum Gasteiger partial charge on any atom is 0.284 e. The second kappa shape index (κ2) is 6.29. The van der Waals surface area contributed by atoms with Crippen LogP contribution in [-0.2, 0) is 0 Å². The molecule has 0 spiro atoms. The second-order valence-electron chi connectivity index (χ2n) is 5.16. The van der Waals surface area contributed by atoms with Gasteiger partial charge in [0.05, 0.1) is 0 Å². The van der Waals surface area contributed by atoms with E-state index in [1.54, 1.807) is 7.05 Å². The molecule has 0 radical (unpaired) electrons. The van der Waals surface area contributed by atoms with Crippen molar-refractivity contribution in [3.63, 3.8) is 0 Å². The molecule has 2 rings (SSSR count). The first-order valence-electron chi connectivity index (χ1n) is 6.55. The number of piperidine rings is 1. The zero-order valence-corrected chi connectivity index (χ0v) is 12.5. The minimum Gasteiger partial charge on any atom is -0.363 e. The molecule has 1 aromatic heterocycles. The summed E-state index contributed by atoms with van der Waals surface area (Å²) in [6, 6.07) is 0. The van der Waals surface area contributed by atoms with Gasteiger partial charge in [0.1, 0.15) is 0 Å². The lowest BCUT2D eigenvalue weighted by molar-refractivity contribution is 0.0677. The minimum absolute atomic E-state index is 0.0160. The van der Waals surface area contributed by atoms with Crippen LogP contribution in [0.25, 0.3) is 0 Å². The van der Waals surface area contributed by atoms with E-state index in [1.165, 1.54) is 11.3 Å². The molecule has 6 nitrogen and oxygen atoms in total. The van der Waals surface area contributed by atoms with E-state index in [4.69, 9.17) is 0 Å². The lowest BCUT2D eigenvalue weighted by Gasteiger charge is -2.32. The van der Waals surface area contributed by atoms with Crippen molar-refractivity contribution >= 4 is 22.4 Å². The summed E-state index contributed by atoms with van der Waals surface area (Å²) in [6.07, 6.45) is 2.14. The van der Waals surface area contributed by atoms with Gasteiger partial charge in [-0.2, -0.15) is 0 Å². The van der Waals surface area contributed by atoms with Crippen molar-refractivity contribution in [2.24, 2.45) is 5.92 Å². The van der Waals surface area contributed by atoms with Crippen molar-refractivity contribution in [3.05, 3.63) is 5.01 Å². The summed E-state index contributed by atoms with van der Waals surface area (Å²) in [5, 5.41) is 11.9. The van der Waals surface area contributed by atoms with Crippen molar-refractivity contribution in [2.45, 2.75) is 12.8 Å². The fraction of sp³-hybridized carbons (Fsp3) is 0.750. The van der Waals surface area contributed by atoms with Crippen LogP contribution in [0, 0.1) is 5.92 Å². The van der Waals surface area contributed by atoms with Gasteiger partial charge >= 0.3 is 0 Å². The molecule has 1 amide bonds. The molecule has 106 valence electrons. The Bertz CT molecular complexity index is 426. The predicted molar refractivity (Wildman–Crippen MR) is 76.6 cm³/mol. The Morgan fingerprint density at radius 2 is 2.11 bits per heavy atom. The Hall–Kier alpha value is -1.21. The maximum absolute atomic E-state index is 12.3. The van der Waals surface area contributed by atoms with E-state index < -0.39 is 0 Å². The first kappa shape index (κ1) is 14.2. The van der Waals surface area contributed by atoms with Gasteiger partial charge in [-0.3, -0.25) is 4.79 Å². The molecule has 1 N–H and O–H groups in total. The highest BCUT2D eigenvalue weighted by Gasteiger charge is 2.25. The fourth-order valence-electron chi connectivity index (χ4n) is 2.38. The van der Waals surface area contributed by atoms with Crippen LogP contribution in [-0.4, -0.2) is 66.7 Å². The van der Waals surface area contributed by atoms with Crippen molar-refractivity contribution in [1.29, 1.82) is 0 Å². The smallest absolute Gasteiger partial charge is 0.284 e. The average Bonchev–Trinajstić information content (AvgIpc) is 2.87. The van der Waals surface area contributed by atoms with E-state index in [2.05, 4.69) is 34.5 Å². The molecule has 1 aliphatic rings. The van der Waals surface area contributed by atoms with E-state index in [1.807, 2.05) is 4.90 Å². The quantitative estimate of drug-likeness (QED) is 0.893. The number of anilines is 1. The molecular formula is C12H21N5OS. The Morgan fingerprint density at radius 1 is 1.42 bits per heavy atom. The highest BCUT2D eigenvalue weighted by molar-refractivity contribution is 7.17. The van der Waals surface area contributed by atoms with Gasteiger partial charge in [0, 0.05) is 26.7 Å². The molecule has 1 saturated heterocycles. The number of nitrogens with one attached hydrogen (secondary N) is 1. The summed E-state index contributed by atoms with van der Waals surface area (Å²) in [5.41, 5.74) is 0. The van der Waals surface area contributed by atoms with Crippen LogP contribution < -0.4 is 5.32 Å². The molecule has 0 aromatic carbocycles. The molecule has 7 heteroatoms. The third-order valence-electron chi connectivity index (χ3n) is 3.35. The van der Waals surface area contributed by atoms with Gasteiger partial charge in [0.25, 0.3) is 5.91 Å². The molecule has 19 heavy (non-hydrogen) atoms. The van der Waals surface area contributed by atoms with Gasteiger partial charge in [-0.25, -0.2) is 0 Å². The largest absolute Gasteiger partial charge is 0.363 e. The van der Waals surface area contributed by atoms with Crippen molar-refractivity contribution in [2.75, 3.05) is 46.1 Å². The number of amides is 1. The summed E-state index contributed by atoms with van der Waals surface area (Å²) in [6.45, 7) is 2.75. The number of likely N-dealkylation sites (tertiary alicyclic amines) is 1. The molecule has 1 aliphatic heterocycles. The highest BCUT2D eigenvalue weighted by Crippen LogP contribution is 2.21. The molecule has 0 saturated carbocycles. The summed E-state index contributed by atoms with van der Waals surface area (Å²) >= 11 is 1.31. The van der Waals surface area contributed by atoms with Crippen LogP contribution in [0.1, 0.15) is 22.6 Å². The minimum atomic E-state index is 0.0160. The number of hydrogen-bond acceptors (Lipinski definition) is 6. The summed E-state index contributed by atoms with van der Waals surface area (Å²) in [7, 11) is 5.97. The Balaban J connectivity index is 1.88. The van der Waals surface area contributed by atoms with Crippen LogP contribution in [0.3, 0.4) is 0 Å². The molecule has 0 bridgehead atoms. The normalized spacial score (nSPS) is 16.9. The van der Waals surface area contributed by atoms with Gasteiger partial charge in [-0.15, -0.1) is 10.2 Å². The Labute approximate surface area is 117 Å². The van der Waals surface area contributed by atoms with E-state index in [-0.39, 0.29) is 5.91 Å². The monoisotopic (exact) mass is 283 g/mol. The van der Waals surface area contributed by atoms with Gasteiger partial charge in [0.15, 0.2) is 0 Å². The van der Waals surface area contributed by atoms with Crippen LogP contribution >= 0.6 is 11.3 Å². The SMILES string of the molecule is CNc1nnc(C(=O)N2CCC(CN(C)C)CC2)s1. The van der Waals surface area contributed by atoms with Gasteiger partial charge in [-0.05, 0) is 32.9 Å². The van der Waals surface area contributed by atoms with Crippen molar-refractivity contribution < 1.29 is 4.79 Å². The first-order chi connectivity index (χ1) is 9.10. The molecule has 1 fully saturated rings. The van der Waals surface area contributed by atoms with Gasteiger partial charge in [0.2, 0.25) is 10.1 Å². The number of hydrogen-bond donors (Lipinski definition) is 1. The van der Waals surface area contributed by atoms with E-state index in [0.29, 0.717) is 16.1 Å². The summed E-state index contributed by atoms with van der Waals surface area (Å²) in [4.78, 5) is 16.4. The number of carbonyl (C=O) groups is 1. The van der Waals surface area contributed by atoms with Crippen LogP contribution in [0.5, 0.6) is 0 Å².